The molecule has 2 fully saturated rings. The zero-order chi connectivity index (χ0) is 25.1. The smallest absolute Gasteiger partial charge is 0.216 e. The minimum absolute atomic E-state index is 0.242. The van der Waals surface area contributed by atoms with Crippen LogP contribution in [0.25, 0.3) is 44.3 Å². The zero-order valence-corrected chi connectivity index (χ0v) is 21.7. The first-order chi connectivity index (χ1) is 18.0. The van der Waals surface area contributed by atoms with Gasteiger partial charge in [-0.1, -0.05) is 49.2 Å². The number of halogens is 1. The number of nitrogens with zero attached hydrogens (tertiary/aromatic N) is 1. The maximum Gasteiger partial charge on any atom is 0.216 e. The number of furan rings is 1. The summed E-state index contributed by atoms with van der Waals surface area (Å²) >= 11 is 0. The van der Waals surface area contributed by atoms with E-state index in [0.717, 1.165) is 38.7 Å². The van der Waals surface area contributed by atoms with Crippen LogP contribution in [0.2, 0.25) is 0 Å². The number of hydrogen-bond acceptors (Lipinski definition) is 1. The predicted octanol–water partition coefficient (Wildman–Crippen LogP) is 9.02. The van der Waals surface area contributed by atoms with E-state index in [-0.39, 0.29) is 5.82 Å². The molecule has 7 rings (SSSR count). The van der Waals surface area contributed by atoms with Gasteiger partial charge in [0.2, 0.25) is 5.69 Å². The third-order valence-electron chi connectivity index (χ3n) is 9.32. The van der Waals surface area contributed by atoms with Crippen LogP contribution in [-0.4, -0.2) is 0 Å². The highest BCUT2D eigenvalue weighted by Crippen LogP contribution is 2.55. The van der Waals surface area contributed by atoms with Crippen LogP contribution >= 0.6 is 0 Å². The summed E-state index contributed by atoms with van der Waals surface area (Å²) in [6.45, 7) is 2.11. The molecule has 2 nitrogen and oxygen atoms in total. The molecule has 0 amide bonds. The molecule has 0 aliphatic heterocycles. The fraction of sp³-hybridized carbons (Fsp3) is 0.324. The van der Waals surface area contributed by atoms with Crippen molar-refractivity contribution in [1.29, 1.82) is 0 Å². The number of pyridine rings is 1. The van der Waals surface area contributed by atoms with Gasteiger partial charge in [-0.15, -0.1) is 0 Å². The summed E-state index contributed by atoms with van der Waals surface area (Å²) in [5.41, 5.74) is 8.14. The van der Waals surface area contributed by atoms with Crippen LogP contribution in [0.1, 0.15) is 62.0 Å². The summed E-state index contributed by atoms with van der Waals surface area (Å²) in [5, 5.41) is 1.97. The molecule has 3 heteroatoms. The van der Waals surface area contributed by atoms with Crippen molar-refractivity contribution in [3.63, 3.8) is 0 Å². The van der Waals surface area contributed by atoms with Gasteiger partial charge in [0.25, 0.3) is 0 Å². The molecule has 2 aliphatic carbocycles. The average Bonchev–Trinajstić information content (AvgIpc) is 3.64. The fourth-order valence-electron chi connectivity index (χ4n) is 7.34. The quantitative estimate of drug-likeness (QED) is 0.231. The van der Waals surface area contributed by atoms with Crippen molar-refractivity contribution in [3.05, 3.63) is 89.9 Å². The van der Waals surface area contributed by atoms with E-state index in [4.69, 9.17) is 4.42 Å². The Bertz CT molecular complexity index is 1640. The molecule has 37 heavy (non-hydrogen) atoms. The SMILES string of the molecule is Cc1ccc2c(oc3c(-c4ccc(C5CCC6(CCCC6)C5)cc4)c(F)ccc32)c1-c1cccc[n+]1C. The molecule has 0 saturated heterocycles. The molecule has 0 radical (unpaired) electrons. The summed E-state index contributed by atoms with van der Waals surface area (Å²) in [5.74, 6) is 0.393. The van der Waals surface area contributed by atoms with Crippen molar-refractivity contribution in [2.24, 2.45) is 12.5 Å². The molecule has 3 aromatic carbocycles. The maximum atomic E-state index is 15.4. The van der Waals surface area contributed by atoms with Crippen LogP contribution in [0.5, 0.6) is 0 Å². The number of fused-ring (bicyclic) bond motifs is 3. The average molecular weight is 491 g/mol. The van der Waals surface area contributed by atoms with Crippen molar-refractivity contribution >= 4 is 21.9 Å². The largest absolute Gasteiger partial charge is 0.454 e. The topological polar surface area (TPSA) is 17.0 Å². The van der Waals surface area contributed by atoms with Crippen LogP contribution in [0.3, 0.4) is 0 Å². The lowest BCUT2D eigenvalue weighted by molar-refractivity contribution is -0.660. The van der Waals surface area contributed by atoms with Gasteiger partial charge in [0.1, 0.15) is 24.0 Å². The van der Waals surface area contributed by atoms with Gasteiger partial charge in [-0.05, 0) is 85.3 Å². The fourth-order valence-corrected chi connectivity index (χ4v) is 7.34. The van der Waals surface area contributed by atoms with Crippen LogP contribution in [0, 0.1) is 18.2 Å². The van der Waals surface area contributed by atoms with E-state index in [1.807, 2.05) is 31.4 Å². The molecular weight excluding hydrogens is 457 g/mol. The molecule has 2 aromatic heterocycles. The zero-order valence-electron chi connectivity index (χ0n) is 21.7. The minimum Gasteiger partial charge on any atom is -0.454 e. The van der Waals surface area contributed by atoms with Crippen LogP contribution < -0.4 is 4.57 Å². The summed E-state index contributed by atoms with van der Waals surface area (Å²) < 4.78 is 24.1. The second kappa shape index (κ2) is 8.55. The Hall–Kier alpha value is -3.46. The molecule has 5 aromatic rings. The number of benzene rings is 3. The van der Waals surface area contributed by atoms with E-state index in [2.05, 4.69) is 54.0 Å². The Labute approximate surface area is 217 Å². The highest BCUT2D eigenvalue weighted by atomic mass is 19.1. The number of aryl methyl sites for hydroxylation is 2. The van der Waals surface area contributed by atoms with E-state index in [1.54, 1.807) is 6.07 Å². The molecule has 2 heterocycles. The third-order valence-corrected chi connectivity index (χ3v) is 9.32. The molecule has 2 saturated carbocycles. The van der Waals surface area contributed by atoms with Gasteiger partial charge in [-0.2, -0.15) is 0 Å². The Balaban J connectivity index is 1.33. The normalized spacial score (nSPS) is 18.9. The van der Waals surface area contributed by atoms with Gasteiger partial charge in [-0.3, -0.25) is 0 Å². The van der Waals surface area contributed by atoms with Gasteiger partial charge >= 0.3 is 0 Å². The van der Waals surface area contributed by atoms with Crippen LogP contribution in [0.4, 0.5) is 4.39 Å². The number of hydrogen-bond donors (Lipinski definition) is 0. The van der Waals surface area contributed by atoms with E-state index in [9.17, 15) is 0 Å². The summed E-state index contributed by atoms with van der Waals surface area (Å²) in [7, 11) is 2.04. The minimum atomic E-state index is -0.242. The first kappa shape index (κ1) is 22.7. The van der Waals surface area contributed by atoms with Gasteiger partial charge in [-0.25, -0.2) is 8.96 Å². The van der Waals surface area contributed by atoms with Crippen molar-refractivity contribution < 1.29 is 13.4 Å². The molecule has 1 unspecified atom stereocenters. The van der Waals surface area contributed by atoms with Crippen molar-refractivity contribution in [3.8, 4) is 22.4 Å². The molecule has 186 valence electrons. The molecule has 1 atom stereocenters. The lowest BCUT2D eigenvalue weighted by Crippen LogP contribution is -2.30. The van der Waals surface area contributed by atoms with E-state index in [1.165, 1.54) is 50.5 Å². The van der Waals surface area contributed by atoms with E-state index in [0.29, 0.717) is 22.5 Å². The second-order valence-electron chi connectivity index (χ2n) is 11.5. The molecule has 1 spiro atoms. The third kappa shape index (κ3) is 3.62. The summed E-state index contributed by atoms with van der Waals surface area (Å²) in [6, 6.07) is 22.5. The second-order valence-corrected chi connectivity index (χ2v) is 11.5. The maximum absolute atomic E-state index is 15.4. The number of rotatable bonds is 3. The molecule has 0 N–H and O–H groups in total. The van der Waals surface area contributed by atoms with Crippen LogP contribution in [0.15, 0.2) is 77.3 Å². The Kier molecular flexibility index (Phi) is 5.25. The Morgan fingerprint density at radius 2 is 1.57 bits per heavy atom. The Morgan fingerprint density at radius 1 is 0.838 bits per heavy atom. The summed E-state index contributed by atoms with van der Waals surface area (Å²) in [4.78, 5) is 0. The highest BCUT2D eigenvalue weighted by molar-refractivity contribution is 6.13. The van der Waals surface area contributed by atoms with Gasteiger partial charge < -0.3 is 4.42 Å². The molecule has 0 bridgehead atoms. The van der Waals surface area contributed by atoms with Gasteiger partial charge in [0.15, 0.2) is 6.20 Å². The molecular formula is C34H33FNO+. The predicted molar refractivity (Wildman–Crippen MR) is 148 cm³/mol. The van der Waals surface area contributed by atoms with Crippen molar-refractivity contribution in [2.45, 2.75) is 57.8 Å². The highest BCUT2D eigenvalue weighted by Gasteiger charge is 2.41. The summed E-state index contributed by atoms with van der Waals surface area (Å²) in [6.07, 6.45) is 11.6. The van der Waals surface area contributed by atoms with Crippen molar-refractivity contribution in [2.75, 3.05) is 0 Å². The van der Waals surface area contributed by atoms with Crippen LogP contribution in [-0.2, 0) is 7.05 Å². The first-order valence-electron chi connectivity index (χ1n) is 13.7. The van der Waals surface area contributed by atoms with E-state index >= 15 is 4.39 Å². The molecule has 2 aliphatic rings. The lowest BCUT2D eigenvalue weighted by Gasteiger charge is -2.22. The monoisotopic (exact) mass is 490 g/mol. The standard InChI is InChI=1S/C34H33FNO/c1-22-8-13-26-27-14-15-28(35)31(33(27)37-32(26)30(22)29-7-3-6-20-36(29)2)24-11-9-23(10-12-24)25-16-19-34(21-25)17-4-5-18-34/h3,6-15,20,25H,4-5,16-19,21H2,1-2H3/q+1. The van der Waals surface area contributed by atoms with E-state index < -0.39 is 0 Å². The number of aromatic nitrogens is 1. The van der Waals surface area contributed by atoms with Gasteiger partial charge in [0, 0.05) is 22.9 Å². The first-order valence-corrected chi connectivity index (χ1v) is 13.7. The van der Waals surface area contributed by atoms with Crippen molar-refractivity contribution in [1.82, 2.24) is 0 Å². The van der Waals surface area contributed by atoms with Gasteiger partial charge in [0.05, 0.1) is 11.1 Å². The Morgan fingerprint density at radius 3 is 2.32 bits per heavy atom. The lowest BCUT2D eigenvalue weighted by atomic mass is 9.82.